The van der Waals surface area contributed by atoms with Crippen LogP contribution in [0.4, 0.5) is 4.39 Å². The summed E-state index contributed by atoms with van der Waals surface area (Å²) in [5.41, 5.74) is 5.08. The van der Waals surface area contributed by atoms with Crippen LogP contribution in [-0.2, 0) is 4.57 Å². The highest BCUT2D eigenvalue weighted by molar-refractivity contribution is 7.58. The molecule has 0 aliphatic heterocycles. The molecule has 3 N–H and O–H groups in total. The van der Waals surface area contributed by atoms with Crippen LogP contribution in [0.15, 0.2) is 0 Å². The van der Waals surface area contributed by atoms with E-state index >= 15 is 0 Å². The van der Waals surface area contributed by atoms with Crippen LogP contribution in [-0.4, -0.2) is 23.5 Å². The molecule has 0 radical (unpaired) electrons. The molecule has 0 bridgehead atoms. The van der Waals surface area contributed by atoms with Gasteiger partial charge in [-0.05, 0) is 13.0 Å². The maximum absolute atomic E-state index is 12.9. The lowest BCUT2D eigenvalue weighted by Gasteiger charge is -2.14. The maximum atomic E-state index is 12.9. The Balaban J connectivity index is 3.91. The fourth-order valence-electron chi connectivity index (χ4n) is 0.864. The van der Waals surface area contributed by atoms with Gasteiger partial charge in [-0.15, -0.1) is 0 Å². The topological polar surface area (TPSA) is 63.3 Å². The molecule has 0 aromatic heterocycles. The first-order valence-corrected chi connectivity index (χ1v) is 6.11. The average molecular weight is 197 g/mol. The zero-order valence-electron chi connectivity index (χ0n) is 7.37. The first-order chi connectivity index (χ1) is 5.54. The smallest absolute Gasteiger partial charge is 0.233 e. The van der Waals surface area contributed by atoms with Crippen LogP contribution in [0.2, 0.25) is 0 Å². The highest BCUT2D eigenvalue weighted by Crippen LogP contribution is 2.48. The zero-order valence-corrected chi connectivity index (χ0v) is 8.27. The number of alkyl halides is 1. The SMILES string of the molecule is CCCCP(=O)(O)[C@H](F)CCN. The predicted molar refractivity (Wildman–Crippen MR) is 48.2 cm³/mol. The summed E-state index contributed by atoms with van der Waals surface area (Å²) in [5.74, 6) is -1.63. The van der Waals surface area contributed by atoms with Crippen molar-refractivity contribution in [2.75, 3.05) is 12.7 Å². The summed E-state index contributed by atoms with van der Waals surface area (Å²) in [4.78, 5) is 9.17. The van der Waals surface area contributed by atoms with Crippen molar-refractivity contribution < 1.29 is 13.8 Å². The van der Waals surface area contributed by atoms with Gasteiger partial charge >= 0.3 is 0 Å². The van der Waals surface area contributed by atoms with Crippen LogP contribution in [0, 0.1) is 0 Å². The Morgan fingerprint density at radius 1 is 1.67 bits per heavy atom. The standard InChI is InChI=1S/C7H17FNO2P/c1-2-3-6-12(10,11)7(8)4-5-9/h7H,2-6,9H2,1H3,(H,10,11)/t7-/m0/s1. The molecule has 0 heterocycles. The third-order valence-corrected chi connectivity index (χ3v) is 3.77. The van der Waals surface area contributed by atoms with Crippen LogP contribution < -0.4 is 5.73 Å². The summed E-state index contributed by atoms with van der Waals surface area (Å²) in [6.07, 6.45) is 1.46. The van der Waals surface area contributed by atoms with Gasteiger partial charge in [0, 0.05) is 12.6 Å². The number of rotatable bonds is 6. The van der Waals surface area contributed by atoms with Crippen molar-refractivity contribution in [3.05, 3.63) is 0 Å². The zero-order chi connectivity index (χ0) is 9.61. The van der Waals surface area contributed by atoms with Gasteiger partial charge in [-0.3, -0.25) is 4.57 Å². The van der Waals surface area contributed by atoms with Crippen molar-refractivity contribution >= 4 is 7.37 Å². The van der Waals surface area contributed by atoms with Gasteiger partial charge in [0.05, 0.1) is 0 Å². The van der Waals surface area contributed by atoms with E-state index in [9.17, 15) is 13.8 Å². The van der Waals surface area contributed by atoms with Crippen molar-refractivity contribution in [2.24, 2.45) is 5.73 Å². The Morgan fingerprint density at radius 3 is 2.67 bits per heavy atom. The van der Waals surface area contributed by atoms with E-state index in [0.29, 0.717) is 6.42 Å². The molecular weight excluding hydrogens is 180 g/mol. The van der Waals surface area contributed by atoms with Crippen LogP contribution in [0.25, 0.3) is 0 Å². The minimum absolute atomic E-state index is 0.0164. The highest BCUT2D eigenvalue weighted by atomic mass is 31.2. The van der Waals surface area contributed by atoms with Crippen molar-refractivity contribution in [3.8, 4) is 0 Å². The lowest BCUT2D eigenvalue weighted by Crippen LogP contribution is -2.11. The molecule has 0 aliphatic rings. The molecule has 0 fully saturated rings. The molecule has 74 valence electrons. The first-order valence-electron chi connectivity index (χ1n) is 4.20. The fourth-order valence-corrected chi connectivity index (χ4v) is 2.47. The van der Waals surface area contributed by atoms with Gasteiger partial charge in [-0.25, -0.2) is 4.39 Å². The predicted octanol–water partition coefficient (Wildman–Crippen LogP) is 1.70. The van der Waals surface area contributed by atoms with Crippen LogP contribution in [0.5, 0.6) is 0 Å². The maximum Gasteiger partial charge on any atom is 0.233 e. The molecule has 0 aliphatic carbocycles. The second-order valence-corrected chi connectivity index (χ2v) is 5.36. The Hall–Kier alpha value is 0.0800. The van der Waals surface area contributed by atoms with Crippen molar-refractivity contribution in [1.82, 2.24) is 0 Å². The summed E-state index contributed by atoms with van der Waals surface area (Å²) >= 11 is 0. The van der Waals surface area contributed by atoms with Crippen LogP contribution in [0.3, 0.4) is 0 Å². The van der Waals surface area contributed by atoms with Gasteiger partial charge < -0.3 is 10.6 Å². The second kappa shape index (κ2) is 5.68. The second-order valence-electron chi connectivity index (χ2n) is 2.84. The van der Waals surface area contributed by atoms with E-state index in [1.54, 1.807) is 0 Å². The molecule has 12 heavy (non-hydrogen) atoms. The van der Waals surface area contributed by atoms with Crippen LogP contribution >= 0.6 is 7.37 Å². The van der Waals surface area contributed by atoms with E-state index < -0.39 is 13.3 Å². The summed E-state index contributed by atoms with van der Waals surface area (Å²) in [7, 11) is -3.56. The molecule has 0 saturated heterocycles. The van der Waals surface area contributed by atoms with E-state index in [4.69, 9.17) is 5.73 Å². The average Bonchev–Trinajstić information content (AvgIpc) is 2.01. The van der Waals surface area contributed by atoms with Crippen LogP contribution in [0.1, 0.15) is 26.2 Å². The Labute approximate surface area is 72.6 Å². The molecule has 2 atom stereocenters. The Bertz CT molecular complexity index is 165. The molecular formula is C7H17FNO2P. The van der Waals surface area contributed by atoms with E-state index in [0.717, 1.165) is 6.42 Å². The van der Waals surface area contributed by atoms with E-state index in [1.807, 2.05) is 6.92 Å². The van der Waals surface area contributed by atoms with Crippen molar-refractivity contribution in [1.29, 1.82) is 0 Å². The quantitative estimate of drug-likeness (QED) is 0.637. The molecule has 1 unspecified atom stereocenters. The molecule has 0 amide bonds. The van der Waals surface area contributed by atoms with Gasteiger partial charge in [-0.1, -0.05) is 13.3 Å². The number of hydrogen-bond acceptors (Lipinski definition) is 2. The number of unbranched alkanes of at least 4 members (excludes halogenated alkanes) is 1. The number of nitrogens with two attached hydrogens (primary N) is 1. The van der Waals surface area contributed by atoms with Gasteiger partial charge in [-0.2, -0.15) is 0 Å². The third-order valence-electron chi connectivity index (χ3n) is 1.67. The van der Waals surface area contributed by atoms with Gasteiger partial charge in [0.15, 0.2) is 5.91 Å². The van der Waals surface area contributed by atoms with Crippen molar-refractivity contribution in [3.63, 3.8) is 0 Å². The Kier molecular flexibility index (Phi) is 5.72. The molecule has 0 aromatic carbocycles. The molecule has 3 nitrogen and oxygen atoms in total. The fraction of sp³-hybridized carbons (Fsp3) is 1.00. The Morgan fingerprint density at radius 2 is 2.25 bits per heavy atom. The summed E-state index contributed by atoms with van der Waals surface area (Å²) in [6.45, 7) is 2.02. The lowest BCUT2D eigenvalue weighted by atomic mass is 10.4. The lowest BCUT2D eigenvalue weighted by molar-refractivity contribution is 0.356. The molecule has 0 rings (SSSR count). The van der Waals surface area contributed by atoms with E-state index in [2.05, 4.69) is 0 Å². The first kappa shape index (κ1) is 12.1. The number of halogens is 1. The summed E-state index contributed by atoms with van der Waals surface area (Å²) in [5, 5.41) is 0. The molecule has 0 saturated carbocycles. The molecule has 0 spiro atoms. The minimum atomic E-state index is -3.56. The molecule has 0 aromatic rings. The van der Waals surface area contributed by atoms with E-state index in [-0.39, 0.29) is 19.1 Å². The van der Waals surface area contributed by atoms with Gasteiger partial charge in [0.25, 0.3) is 0 Å². The largest absolute Gasteiger partial charge is 0.342 e. The van der Waals surface area contributed by atoms with E-state index in [1.165, 1.54) is 0 Å². The monoisotopic (exact) mass is 197 g/mol. The van der Waals surface area contributed by atoms with Crippen molar-refractivity contribution in [2.45, 2.75) is 32.1 Å². The minimum Gasteiger partial charge on any atom is -0.342 e. The highest BCUT2D eigenvalue weighted by Gasteiger charge is 2.28. The number of hydrogen-bond donors (Lipinski definition) is 2. The summed E-state index contributed by atoms with van der Waals surface area (Å²) in [6, 6.07) is 0. The molecule has 5 heteroatoms. The third kappa shape index (κ3) is 4.19. The summed E-state index contributed by atoms with van der Waals surface area (Å²) < 4.78 is 24.1. The van der Waals surface area contributed by atoms with Gasteiger partial charge in [0.1, 0.15) is 0 Å². The van der Waals surface area contributed by atoms with Gasteiger partial charge in [0.2, 0.25) is 7.37 Å². The normalized spacial score (nSPS) is 18.7.